The molecule has 0 bridgehead atoms. The average Bonchev–Trinajstić information content (AvgIpc) is 3.27. The summed E-state index contributed by atoms with van der Waals surface area (Å²) in [6.07, 6.45) is 1.54. The number of rotatable bonds is 8. The summed E-state index contributed by atoms with van der Waals surface area (Å²) in [5, 5.41) is 15.8. The topological polar surface area (TPSA) is 79.5 Å². The third-order valence-electron chi connectivity index (χ3n) is 3.99. The van der Waals surface area contributed by atoms with Gasteiger partial charge in [-0.15, -0.1) is 11.3 Å². The number of thiophene rings is 1. The lowest BCUT2D eigenvalue weighted by Crippen LogP contribution is -2.19. The van der Waals surface area contributed by atoms with Crippen molar-refractivity contribution in [3.8, 4) is 22.2 Å². The number of aliphatic carboxylic acids is 1. The number of benzene rings is 1. The molecule has 0 aliphatic heterocycles. The standard InChI is InChI=1S/C18H17Cl2N3O3S/c1-23(8-3-2-4-15(24)25)14-10-11(5-6-12(14)19)17-21-18(26-22-17)16-13(20)7-9-27-16/h5-7,9-10H,2-4,8H2,1H3,(H,24,25). The Morgan fingerprint density at radius 3 is 2.78 bits per heavy atom. The third-order valence-corrected chi connectivity index (χ3v) is 5.64. The number of nitrogens with zero attached hydrogens (tertiary/aromatic N) is 3. The molecule has 0 unspecified atom stereocenters. The van der Waals surface area contributed by atoms with Gasteiger partial charge in [0.15, 0.2) is 0 Å². The van der Waals surface area contributed by atoms with Crippen molar-refractivity contribution in [3.63, 3.8) is 0 Å². The second-order valence-electron chi connectivity index (χ2n) is 5.96. The van der Waals surface area contributed by atoms with Crippen LogP contribution in [0.5, 0.6) is 0 Å². The van der Waals surface area contributed by atoms with E-state index in [1.807, 2.05) is 29.5 Å². The van der Waals surface area contributed by atoms with Crippen molar-refractivity contribution in [3.05, 3.63) is 39.7 Å². The molecular weight excluding hydrogens is 409 g/mol. The van der Waals surface area contributed by atoms with Crippen LogP contribution in [0.15, 0.2) is 34.2 Å². The lowest BCUT2D eigenvalue weighted by atomic mass is 10.1. The number of anilines is 1. The highest BCUT2D eigenvalue weighted by molar-refractivity contribution is 7.14. The van der Waals surface area contributed by atoms with Gasteiger partial charge in [-0.25, -0.2) is 0 Å². The van der Waals surface area contributed by atoms with E-state index in [0.717, 1.165) is 22.5 Å². The first-order chi connectivity index (χ1) is 13.0. The van der Waals surface area contributed by atoms with Crippen LogP contribution in [0.4, 0.5) is 5.69 Å². The second kappa shape index (κ2) is 8.73. The van der Waals surface area contributed by atoms with Gasteiger partial charge in [0.05, 0.1) is 15.7 Å². The van der Waals surface area contributed by atoms with Gasteiger partial charge in [-0.05, 0) is 42.5 Å². The Morgan fingerprint density at radius 2 is 2.07 bits per heavy atom. The zero-order valence-electron chi connectivity index (χ0n) is 14.5. The molecule has 2 heterocycles. The van der Waals surface area contributed by atoms with Gasteiger partial charge < -0.3 is 14.5 Å². The normalized spacial score (nSPS) is 10.9. The predicted octanol–water partition coefficient (Wildman–Crippen LogP) is 5.46. The molecule has 2 aromatic heterocycles. The van der Waals surface area contributed by atoms with Gasteiger partial charge in [0, 0.05) is 25.6 Å². The Balaban J connectivity index is 1.76. The van der Waals surface area contributed by atoms with E-state index in [9.17, 15) is 4.79 Å². The molecule has 142 valence electrons. The van der Waals surface area contributed by atoms with Crippen molar-refractivity contribution >= 4 is 46.2 Å². The van der Waals surface area contributed by atoms with Crippen molar-refractivity contribution in [1.29, 1.82) is 0 Å². The highest BCUT2D eigenvalue weighted by Crippen LogP contribution is 2.34. The van der Waals surface area contributed by atoms with Crippen molar-refractivity contribution in [1.82, 2.24) is 10.1 Å². The molecule has 0 aliphatic rings. The van der Waals surface area contributed by atoms with Crippen LogP contribution in [0.1, 0.15) is 19.3 Å². The van der Waals surface area contributed by atoms with Crippen LogP contribution in [0.2, 0.25) is 10.0 Å². The summed E-state index contributed by atoms with van der Waals surface area (Å²) >= 11 is 13.9. The summed E-state index contributed by atoms with van der Waals surface area (Å²) in [6.45, 7) is 0.693. The maximum Gasteiger partial charge on any atom is 0.303 e. The van der Waals surface area contributed by atoms with Crippen LogP contribution in [-0.2, 0) is 4.79 Å². The smallest absolute Gasteiger partial charge is 0.303 e. The average molecular weight is 426 g/mol. The number of carbonyl (C=O) groups is 1. The zero-order chi connectivity index (χ0) is 19.4. The van der Waals surface area contributed by atoms with E-state index in [2.05, 4.69) is 10.1 Å². The minimum atomic E-state index is -0.781. The third kappa shape index (κ3) is 4.80. The first-order valence-electron chi connectivity index (χ1n) is 8.25. The van der Waals surface area contributed by atoms with Crippen LogP contribution in [0.3, 0.4) is 0 Å². The molecule has 0 atom stereocenters. The van der Waals surface area contributed by atoms with Crippen LogP contribution in [0, 0.1) is 0 Å². The summed E-state index contributed by atoms with van der Waals surface area (Å²) in [6, 6.07) is 7.29. The Morgan fingerprint density at radius 1 is 1.26 bits per heavy atom. The van der Waals surface area contributed by atoms with E-state index in [0.29, 0.717) is 34.7 Å². The highest BCUT2D eigenvalue weighted by atomic mass is 35.5. The number of unbranched alkanes of at least 4 members (excludes halogenated alkanes) is 1. The summed E-state index contributed by atoms with van der Waals surface area (Å²) in [5.74, 6) is 0.0478. The number of aromatic nitrogens is 2. The van der Waals surface area contributed by atoms with Gasteiger partial charge in [0.25, 0.3) is 5.89 Å². The second-order valence-corrected chi connectivity index (χ2v) is 7.69. The van der Waals surface area contributed by atoms with Gasteiger partial charge >= 0.3 is 5.97 Å². The number of halogens is 2. The maximum atomic E-state index is 10.6. The van der Waals surface area contributed by atoms with Gasteiger partial charge in [0.2, 0.25) is 5.82 Å². The lowest BCUT2D eigenvalue weighted by Gasteiger charge is -2.21. The molecule has 3 aromatic rings. The van der Waals surface area contributed by atoms with Crippen LogP contribution >= 0.6 is 34.5 Å². The first kappa shape index (κ1) is 19.7. The lowest BCUT2D eigenvalue weighted by molar-refractivity contribution is -0.137. The Bertz CT molecular complexity index is 942. The summed E-state index contributed by atoms with van der Waals surface area (Å²) < 4.78 is 5.34. The molecule has 27 heavy (non-hydrogen) atoms. The fourth-order valence-electron chi connectivity index (χ4n) is 2.57. The molecule has 0 saturated heterocycles. The fraction of sp³-hybridized carbons (Fsp3) is 0.278. The van der Waals surface area contributed by atoms with E-state index < -0.39 is 5.97 Å². The largest absolute Gasteiger partial charge is 0.481 e. The van der Waals surface area contributed by atoms with E-state index >= 15 is 0 Å². The van der Waals surface area contributed by atoms with Crippen LogP contribution in [-0.4, -0.2) is 34.8 Å². The van der Waals surface area contributed by atoms with Crippen molar-refractivity contribution in [2.45, 2.75) is 19.3 Å². The molecule has 9 heteroatoms. The van der Waals surface area contributed by atoms with Gasteiger partial charge in [-0.1, -0.05) is 28.4 Å². The molecule has 0 fully saturated rings. The summed E-state index contributed by atoms with van der Waals surface area (Å²) in [7, 11) is 1.92. The Hall–Kier alpha value is -2.09. The van der Waals surface area contributed by atoms with Crippen molar-refractivity contribution in [2.75, 3.05) is 18.5 Å². The minimum absolute atomic E-state index is 0.165. The van der Waals surface area contributed by atoms with Gasteiger partial charge in [-0.3, -0.25) is 4.79 Å². The van der Waals surface area contributed by atoms with E-state index in [-0.39, 0.29) is 6.42 Å². The Labute approximate surface area is 170 Å². The molecule has 1 N–H and O–H groups in total. The molecule has 6 nitrogen and oxygen atoms in total. The predicted molar refractivity (Wildman–Crippen MR) is 108 cm³/mol. The number of carboxylic acids is 1. The molecule has 0 aliphatic carbocycles. The molecule has 0 radical (unpaired) electrons. The monoisotopic (exact) mass is 425 g/mol. The number of hydrogen-bond donors (Lipinski definition) is 1. The van der Waals surface area contributed by atoms with Gasteiger partial charge in [-0.2, -0.15) is 4.98 Å². The first-order valence-corrected chi connectivity index (χ1v) is 9.89. The molecule has 0 saturated carbocycles. The minimum Gasteiger partial charge on any atom is -0.481 e. The SMILES string of the molecule is CN(CCCCC(=O)O)c1cc(-c2noc(-c3sccc3Cl)n2)ccc1Cl. The van der Waals surface area contributed by atoms with Crippen molar-refractivity contribution in [2.24, 2.45) is 0 Å². The van der Waals surface area contributed by atoms with E-state index in [1.54, 1.807) is 12.1 Å². The molecule has 1 aromatic carbocycles. The Kier molecular flexibility index (Phi) is 6.36. The number of carboxylic acid groups (broad SMARTS) is 1. The fourth-order valence-corrected chi connectivity index (χ4v) is 3.89. The molecular formula is C18H17Cl2N3O3S. The van der Waals surface area contributed by atoms with Crippen LogP contribution in [0.25, 0.3) is 22.2 Å². The van der Waals surface area contributed by atoms with Crippen LogP contribution < -0.4 is 4.90 Å². The molecule has 0 spiro atoms. The maximum absolute atomic E-state index is 10.6. The van der Waals surface area contributed by atoms with E-state index in [4.69, 9.17) is 32.8 Å². The van der Waals surface area contributed by atoms with E-state index in [1.165, 1.54) is 11.3 Å². The van der Waals surface area contributed by atoms with Gasteiger partial charge in [0.1, 0.15) is 4.88 Å². The quantitative estimate of drug-likeness (QED) is 0.482. The molecule has 3 rings (SSSR count). The highest BCUT2D eigenvalue weighted by Gasteiger charge is 2.16. The number of hydrogen-bond acceptors (Lipinski definition) is 6. The molecule has 0 amide bonds. The summed E-state index contributed by atoms with van der Waals surface area (Å²) in [4.78, 5) is 17.8. The summed E-state index contributed by atoms with van der Waals surface area (Å²) in [5.41, 5.74) is 1.60. The zero-order valence-corrected chi connectivity index (χ0v) is 16.8. The van der Waals surface area contributed by atoms with Crippen molar-refractivity contribution < 1.29 is 14.4 Å².